The molecular formula is C14H20N2O. The highest BCUT2D eigenvalue weighted by atomic mass is 16.5. The number of hydrogen-bond acceptors (Lipinski definition) is 2. The summed E-state index contributed by atoms with van der Waals surface area (Å²) in [7, 11) is 2.06. The minimum absolute atomic E-state index is 0.253. The van der Waals surface area contributed by atoms with E-state index in [2.05, 4.69) is 49.9 Å². The molecule has 0 aliphatic rings. The van der Waals surface area contributed by atoms with E-state index in [0.717, 1.165) is 0 Å². The predicted octanol–water partition coefficient (Wildman–Crippen LogP) is 2.56. The van der Waals surface area contributed by atoms with Crippen molar-refractivity contribution in [2.75, 3.05) is 0 Å². The summed E-state index contributed by atoms with van der Waals surface area (Å²) in [6.45, 7) is 5.33. The van der Waals surface area contributed by atoms with Crippen molar-refractivity contribution in [1.29, 1.82) is 0 Å². The maximum atomic E-state index is 5.77. The summed E-state index contributed by atoms with van der Waals surface area (Å²) in [5.74, 6) is 0. The van der Waals surface area contributed by atoms with E-state index in [0.29, 0.717) is 13.2 Å². The Morgan fingerprint density at radius 1 is 1.29 bits per heavy atom. The number of ether oxygens (including phenoxy) is 1. The molecule has 3 heteroatoms. The Morgan fingerprint density at radius 3 is 2.71 bits per heavy atom. The van der Waals surface area contributed by atoms with Crippen LogP contribution < -0.4 is 5.73 Å². The first-order chi connectivity index (χ1) is 8.13. The molecule has 0 saturated heterocycles. The quantitative estimate of drug-likeness (QED) is 0.880. The van der Waals surface area contributed by atoms with Crippen LogP contribution >= 0.6 is 0 Å². The first-order valence-corrected chi connectivity index (χ1v) is 6.01. The van der Waals surface area contributed by atoms with Crippen LogP contribution in [0.4, 0.5) is 0 Å². The van der Waals surface area contributed by atoms with Gasteiger partial charge in [-0.1, -0.05) is 18.2 Å². The average molecular weight is 232 g/mol. The highest BCUT2D eigenvalue weighted by molar-refractivity contribution is 5.86. The summed E-state index contributed by atoms with van der Waals surface area (Å²) < 4.78 is 7.81. The van der Waals surface area contributed by atoms with E-state index in [1.165, 1.54) is 22.0 Å². The summed E-state index contributed by atoms with van der Waals surface area (Å²) in [6, 6.07) is 6.27. The smallest absolute Gasteiger partial charge is 0.0741 e. The van der Waals surface area contributed by atoms with Crippen molar-refractivity contribution in [1.82, 2.24) is 4.57 Å². The average Bonchev–Trinajstić information content (AvgIpc) is 2.64. The Kier molecular flexibility index (Phi) is 3.50. The fourth-order valence-corrected chi connectivity index (χ4v) is 2.17. The number of aryl methyl sites for hydroxylation is 1. The largest absolute Gasteiger partial charge is 0.374 e. The van der Waals surface area contributed by atoms with Gasteiger partial charge in [0, 0.05) is 30.7 Å². The summed E-state index contributed by atoms with van der Waals surface area (Å²) in [5, 5.41) is 1.25. The predicted molar refractivity (Wildman–Crippen MR) is 70.7 cm³/mol. The van der Waals surface area contributed by atoms with Crippen LogP contribution in [0.25, 0.3) is 10.9 Å². The van der Waals surface area contributed by atoms with Crippen molar-refractivity contribution < 1.29 is 4.74 Å². The number of hydrogen-bond donors (Lipinski definition) is 1. The molecule has 0 spiro atoms. The Labute approximate surface area is 102 Å². The summed E-state index contributed by atoms with van der Waals surface area (Å²) in [5.41, 5.74) is 9.40. The van der Waals surface area contributed by atoms with E-state index in [9.17, 15) is 0 Å². The first kappa shape index (κ1) is 12.1. The molecule has 1 aromatic carbocycles. The molecule has 0 radical (unpaired) electrons. The Bertz CT molecular complexity index is 514. The highest BCUT2D eigenvalue weighted by Gasteiger charge is 2.09. The number of benzene rings is 1. The van der Waals surface area contributed by atoms with Gasteiger partial charge in [-0.15, -0.1) is 0 Å². The minimum atomic E-state index is 0.253. The zero-order valence-electron chi connectivity index (χ0n) is 10.7. The van der Waals surface area contributed by atoms with Crippen molar-refractivity contribution >= 4 is 10.9 Å². The molecule has 1 aromatic heterocycles. The summed E-state index contributed by atoms with van der Waals surface area (Å²) in [6.07, 6.45) is 2.38. The molecule has 0 amide bonds. The molecule has 1 heterocycles. The Balaban J connectivity index is 2.45. The molecule has 0 unspecified atom stereocenters. The number of nitrogens with two attached hydrogens (primary N) is 1. The molecule has 3 nitrogen and oxygen atoms in total. The van der Waals surface area contributed by atoms with Gasteiger partial charge in [0.15, 0.2) is 0 Å². The first-order valence-electron chi connectivity index (χ1n) is 6.01. The van der Waals surface area contributed by atoms with Crippen LogP contribution in [0, 0.1) is 0 Å². The van der Waals surface area contributed by atoms with E-state index in [-0.39, 0.29) is 6.10 Å². The Hall–Kier alpha value is -1.32. The van der Waals surface area contributed by atoms with Gasteiger partial charge < -0.3 is 15.0 Å². The molecular weight excluding hydrogens is 212 g/mol. The van der Waals surface area contributed by atoms with Gasteiger partial charge in [-0.3, -0.25) is 0 Å². The molecule has 0 aliphatic heterocycles. The van der Waals surface area contributed by atoms with Crippen molar-refractivity contribution in [2.24, 2.45) is 12.8 Å². The topological polar surface area (TPSA) is 40.2 Å². The van der Waals surface area contributed by atoms with E-state index >= 15 is 0 Å². The van der Waals surface area contributed by atoms with Gasteiger partial charge in [-0.05, 0) is 19.4 Å². The highest BCUT2D eigenvalue weighted by Crippen LogP contribution is 2.24. The molecule has 17 heavy (non-hydrogen) atoms. The van der Waals surface area contributed by atoms with Crippen molar-refractivity contribution in [2.45, 2.75) is 33.1 Å². The van der Waals surface area contributed by atoms with Gasteiger partial charge in [-0.25, -0.2) is 0 Å². The zero-order chi connectivity index (χ0) is 12.4. The molecule has 0 saturated carbocycles. The summed E-state index contributed by atoms with van der Waals surface area (Å²) >= 11 is 0. The van der Waals surface area contributed by atoms with E-state index in [4.69, 9.17) is 10.5 Å². The number of rotatable bonds is 4. The van der Waals surface area contributed by atoms with Crippen LogP contribution in [-0.4, -0.2) is 10.7 Å². The van der Waals surface area contributed by atoms with Gasteiger partial charge in [0.25, 0.3) is 0 Å². The lowest BCUT2D eigenvalue weighted by Crippen LogP contribution is -2.01. The Morgan fingerprint density at radius 2 is 2.06 bits per heavy atom. The third-order valence-corrected chi connectivity index (χ3v) is 2.96. The normalized spacial score (nSPS) is 11.6. The second-order valence-corrected chi connectivity index (χ2v) is 4.64. The van der Waals surface area contributed by atoms with Gasteiger partial charge in [0.05, 0.1) is 18.2 Å². The van der Waals surface area contributed by atoms with Crippen LogP contribution in [0.5, 0.6) is 0 Å². The van der Waals surface area contributed by atoms with Crippen LogP contribution in [-0.2, 0) is 24.9 Å². The van der Waals surface area contributed by atoms with Crippen LogP contribution in [0.15, 0.2) is 24.4 Å². The molecule has 2 rings (SSSR count). The maximum Gasteiger partial charge on any atom is 0.0741 e. The lowest BCUT2D eigenvalue weighted by Gasteiger charge is -2.06. The third-order valence-electron chi connectivity index (χ3n) is 2.96. The number of fused-ring (bicyclic) bond motifs is 1. The van der Waals surface area contributed by atoms with E-state index in [1.807, 2.05) is 0 Å². The fourth-order valence-electron chi connectivity index (χ4n) is 2.17. The molecule has 92 valence electrons. The number of para-hydroxylation sites is 1. The minimum Gasteiger partial charge on any atom is -0.374 e. The second-order valence-electron chi connectivity index (χ2n) is 4.64. The van der Waals surface area contributed by atoms with Crippen molar-refractivity contribution in [3.05, 3.63) is 35.5 Å². The lowest BCUT2D eigenvalue weighted by atomic mass is 10.1. The van der Waals surface area contributed by atoms with Crippen LogP contribution in [0.1, 0.15) is 25.0 Å². The van der Waals surface area contributed by atoms with Gasteiger partial charge in [0.2, 0.25) is 0 Å². The lowest BCUT2D eigenvalue weighted by molar-refractivity contribution is 0.0663. The van der Waals surface area contributed by atoms with E-state index < -0.39 is 0 Å². The van der Waals surface area contributed by atoms with Crippen LogP contribution in [0.3, 0.4) is 0 Å². The molecule has 2 N–H and O–H groups in total. The zero-order valence-corrected chi connectivity index (χ0v) is 10.7. The van der Waals surface area contributed by atoms with Crippen LogP contribution in [0.2, 0.25) is 0 Å². The van der Waals surface area contributed by atoms with Crippen molar-refractivity contribution in [3.8, 4) is 0 Å². The van der Waals surface area contributed by atoms with Crippen molar-refractivity contribution in [3.63, 3.8) is 0 Å². The molecule has 0 fully saturated rings. The third kappa shape index (κ3) is 2.35. The second kappa shape index (κ2) is 4.90. The molecule has 2 aromatic rings. The standard InChI is InChI=1S/C14H20N2O/c1-10(2)17-9-12-8-16(3)14-11(7-15)5-4-6-13(12)14/h4-6,8,10H,7,9,15H2,1-3H3. The number of aromatic nitrogens is 1. The molecule has 0 aliphatic carbocycles. The molecule has 0 atom stereocenters. The van der Waals surface area contributed by atoms with E-state index in [1.54, 1.807) is 0 Å². The fraction of sp³-hybridized carbons (Fsp3) is 0.429. The van der Waals surface area contributed by atoms with Gasteiger partial charge in [0.1, 0.15) is 0 Å². The number of nitrogens with zero attached hydrogens (tertiary/aromatic N) is 1. The van der Waals surface area contributed by atoms with Gasteiger partial charge in [-0.2, -0.15) is 0 Å². The van der Waals surface area contributed by atoms with Gasteiger partial charge >= 0.3 is 0 Å². The maximum absolute atomic E-state index is 5.77. The summed E-state index contributed by atoms with van der Waals surface area (Å²) in [4.78, 5) is 0. The monoisotopic (exact) mass is 232 g/mol. The SMILES string of the molecule is CC(C)OCc1cn(C)c2c(CN)cccc12. The molecule has 0 bridgehead atoms.